The fraction of sp³-hybridized carbons (Fsp3) is 0.364. The molecule has 0 atom stereocenters. The number of hydrogen-bond acceptors (Lipinski definition) is 2. The maximum absolute atomic E-state index is 12.9. The summed E-state index contributed by atoms with van der Waals surface area (Å²) in [6.07, 6.45) is 1.41. The Kier molecular flexibility index (Phi) is 2.36. The van der Waals surface area contributed by atoms with Crippen LogP contribution >= 0.6 is 0 Å². The lowest BCUT2D eigenvalue weighted by molar-refractivity contribution is 0.626. The first-order chi connectivity index (χ1) is 6.81. The molecule has 0 fully saturated rings. The van der Waals surface area contributed by atoms with Crippen LogP contribution in [0.1, 0.15) is 12.0 Å². The highest BCUT2D eigenvalue weighted by molar-refractivity contribution is 5.57. The highest BCUT2D eigenvalue weighted by Gasteiger charge is 2.18. The molecule has 2 nitrogen and oxygen atoms in total. The Morgan fingerprint density at radius 3 is 3.14 bits per heavy atom. The van der Waals surface area contributed by atoms with E-state index in [1.54, 1.807) is 12.1 Å². The summed E-state index contributed by atoms with van der Waals surface area (Å²) in [5, 5.41) is 8.48. The zero-order valence-corrected chi connectivity index (χ0v) is 7.83. The van der Waals surface area contributed by atoms with Gasteiger partial charge in [0.2, 0.25) is 0 Å². The largest absolute Gasteiger partial charge is 0.370 e. The third-order valence-electron chi connectivity index (χ3n) is 2.53. The Labute approximate surface area is 82.6 Å². The number of halogens is 1. The standard InChI is InChI=1S/C11H11FN2/c12-10-2-3-11-9(8-10)4-7-14(11)6-1-5-13/h2-3,8H,1,4,6-7H2. The van der Waals surface area contributed by atoms with Crippen LogP contribution in [0.2, 0.25) is 0 Å². The van der Waals surface area contributed by atoms with Crippen molar-refractivity contribution in [2.24, 2.45) is 0 Å². The van der Waals surface area contributed by atoms with Crippen molar-refractivity contribution in [3.05, 3.63) is 29.6 Å². The van der Waals surface area contributed by atoms with Crippen molar-refractivity contribution in [2.45, 2.75) is 12.8 Å². The van der Waals surface area contributed by atoms with Gasteiger partial charge in [-0.1, -0.05) is 0 Å². The second kappa shape index (κ2) is 3.67. The molecule has 0 bridgehead atoms. The van der Waals surface area contributed by atoms with E-state index in [2.05, 4.69) is 11.0 Å². The summed E-state index contributed by atoms with van der Waals surface area (Å²) < 4.78 is 12.9. The van der Waals surface area contributed by atoms with E-state index in [4.69, 9.17) is 5.26 Å². The molecule has 0 unspecified atom stereocenters. The first kappa shape index (κ1) is 9.01. The molecule has 72 valence electrons. The first-order valence-electron chi connectivity index (χ1n) is 4.71. The van der Waals surface area contributed by atoms with Gasteiger partial charge in [0, 0.05) is 18.8 Å². The molecule has 0 N–H and O–H groups in total. The molecule has 3 heteroatoms. The summed E-state index contributed by atoms with van der Waals surface area (Å²) in [4.78, 5) is 2.14. The predicted octanol–water partition coefficient (Wildman–Crippen LogP) is 2.10. The van der Waals surface area contributed by atoms with E-state index in [9.17, 15) is 4.39 Å². The molecule has 14 heavy (non-hydrogen) atoms. The molecule has 1 aromatic carbocycles. The molecule has 0 radical (unpaired) electrons. The van der Waals surface area contributed by atoms with Crippen molar-refractivity contribution < 1.29 is 4.39 Å². The lowest BCUT2D eigenvalue weighted by Crippen LogP contribution is -2.21. The molecule has 1 heterocycles. The number of fused-ring (bicyclic) bond motifs is 1. The molecule has 1 aliphatic rings. The van der Waals surface area contributed by atoms with E-state index in [1.807, 2.05) is 0 Å². The zero-order chi connectivity index (χ0) is 9.97. The van der Waals surface area contributed by atoms with Gasteiger partial charge < -0.3 is 4.90 Å². The number of benzene rings is 1. The highest BCUT2D eigenvalue weighted by Crippen LogP contribution is 2.28. The van der Waals surface area contributed by atoms with Gasteiger partial charge in [-0.2, -0.15) is 5.26 Å². The van der Waals surface area contributed by atoms with Crippen molar-refractivity contribution in [3.8, 4) is 6.07 Å². The van der Waals surface area contributed by atoms with E-state index >= 15 is 0 Å². The second-order valence-corrected chi connectivity index (χ2v) is 3.42. The first-order valence-corrected chi connectivity index (χ1v) is 4.71. The Bertz CT molecular complexity index is 381. The van der Waals surface area contributed by atoms with Crippen LogP contribution in [0.3, 0.4) is 0 Å². The number of nitriles is 1. The summed E-state index contributed by atoms with van der Waals surface area (Å²) in [5.41, 5.74) is 2.14. The van der Waals surface area contributed by atoms with E-state index in [1.165, 1.54) is 6.07 Å². The van der Waals surface area contributed by atoms with Gasteiger partial charge in [0.1, 0.15) is 5.82 Å². The Hall–Kier alpha value is -1.56. The Balaban J connectivity index is 2.19. The van der Waals surface area contributed by atoms with Gasteiger partial charge in [-0.25, -0.2) is 4.39 Å². The second-order valence-electron chi connectivity index (χ2n) is 3.42. The number of anilines is 1. The SMILES string of the molecule is N#CCCN1CCc2cc(F)ccc21. The quantitative estimate of drug-likeness (QED) is 0.714. The normalized spacial score (nSPS) is 13.9. The van der Waals surface area contributed by atoms with Crippen LogP contribution in [0, 0.1) is 17.1 Å². The van der Waals surface area contributed by atoms with Crippen molar-refractivity contribution in [2.75, 3.05) is 18.0 Å². The van der Waals surface area contributed by atoms with Gasteiger partial charge in [-0.15, -0.1) is 0 Å². The Morgan fingerprint density at radius 1 is 1.50 bits per heavy atom. The van der Waals surface area contributed by atoms with E-state index in [0.29, 0.717) is 6.42 Å². The summed E-state index contributed by atoms with van der Waals surface area (Å²) in [6.45, 7) is 1.65. The van der Waals surface area contributed by atoms with E-state index < -0.39 is 0 Å². The highest BCUT2D eigenvalue weighted by atomic mass is 19.1. The van der Waals surface area contributed by atoms with Crippen LogP contribution in [0.4, 0.5) is 10.1 Å². The topological polar surface area (TPSA) is 27.0 Å². The molecule has 0 saturated heterocycles. The Morgan fingerprint density at radius 2 is 2.36 bits per heavy atom. The van der Waals surface area contributed by atoms with Crippen LogP contribution in [0.25, 0.3) is 0 Å². The van der Waals surface area contributed by atoms with Crippen molar-refractivity contribution in [1.82, 2.24) is 0 Å². The number of rotatable bonds is 2. The summed E-state index contributed by atoms with van der Waals surface area (Å²) in [5.74, 6) is -0.175. The fourth-order valence-electron chi connectivity index (χ4n) is 1.86. The molecular formula is C11H11FN2. The summed E-state index contributed by atoms with van der Waals surface area (Å²) in [6, 6.07) is 6.98. The molecular weight excluding hydrogens is 179 g/mol. The van der Waals surface area contributed by atoms with Crippen molar-refractivity contribution in [1.29, 1.82) is 5.26 Å². The van der Waals surface area contributed by atoms with Gasteiger partial charge in [0.15, 0.2) is 0 Å². The molecule has 0 amide bonds. The molecule has 1 aromatic rings. The molecule has 0 spiro atoms. The predicted molar refractivity (Wildman–Crippen MR) is 52.5 cm³/mol. The lowest BCUT2D eigenvalue weighted by Gasteiger charge is -2.17. The number of nitrogens with zero attached hydrogens (tertiary/aromatic N) is 2. The molecule has 2 rings (SSSR count). The minimum Gasteiger partial charge on any atom is -0.370 e. The van der Waals surface area contributed by atoms with Crippen LogP contribution in [0.5, 0.6) is 0 Å². The zero-order valence-electron chi connectivity index (χ0n) is 7.83. The monoisotopic (exact) mass is 190 g/mol. The molecule has 0 aliphatic carbocycles. The average molecular weight is 190 g/mol. The van der Waals surface area contributed by atoms with Gasteiger partial charge in [0.25, 0.3) is 0 Å². The van der Waals surface area contributed by atoms with Crippen LogP contribution in [0.15, 0.2) is 18.2 Å². The van der Waals surface area contributed by atoms with E-state index in [-0.39, 0.29) is 5.82 Å². The van der Waals surface area contributed by atoms with Crippen LogP contribution in [-0.2, 0) is 6.42 Å². The lowest BCUT2D eigenvalue weighted by atomic mass is 10.2. The van der Waals surface area contributed by atoms with Crippen molar-refractivity contribution in [3.63, 3.8) is 0 Å². The third-order valence-corrected chi connectivity index (χ3v) is 2.53. The van der Waals surface area contributed by atoms with E-state index in [0.717, 1.165) is 30.8 Å². The maximum Gasteiger partial charge on any atom is 0.123 e. The van der Waals surface area contributed by atoms with Gasteiger partial charge >= 0.3 is 0 Å². The molecule has 1 aliphatic heterocycles. The maximum atomic E-state index is 12.9. The minimum atomic E-state index is -0.175. The molecule has 0 saturated carbocycles. The van der Waals surface area contributed by atoms with Gasteiger partial charge in [-0.3, -0.25) is 0 Å². The third kappa shape index (κ3) is 1.56. The van der Waals surface area contributed by atoms with Crippen molar-refractivity contribution >= 4 is 5.69 Å². The molecule has 0 aromatic heterocycles. The van der Waals surface area contributed by atoms with Gasteiger partial charge in [0.05, 0.1) is 12.5 Å². The summed E-state index contributed by atoms with van der Waals surface area (Å²) >= 11 is 0. The van der Waals surface area contributed by atoms with Gasteiger partial charge in [-0.05, 0) is 30.2 Å². The minimum absolute atomic E-state index is 0.175. The smallest absolute Gasteiger partial charge is 0.123 e. The fourth-order valence-corrected chi connectivity index (χ4v) is 1.86. The average Bonchev–Trinajstić information content (AvgIpc) is 2.57. The van der Waals surface area contributed by atoms with Crippen LogP contribution < -0.4 is 4.90 Å². The van der Waals surface area contributed by atoms with Crippen LogP contribution in [-0.4, -0.2) is 13.1 Å². The summed E-state index contributed by atoms with van der Waals surface area (Å²) in [7, 11) is 0. The number of hydrogen-bond donors (Lipinski definition) is 0.